The molecule has 0 amide bonds. The maximum absolute atomic E-state index is 5.98. The third-order valence-electron chi connectivity index (χ3n) is 5.69. The third-order valence-corrected chi connectivity index (χ3v) is 5.69. The quantitative estimate of drug-likeness (QED) is 0.808. The summed E-state index contributed by atoms with van der Waals surface area (Å²) in [5.41, 5.74) is 1.48. The Morgan fingerprint density at radius 2 is 2.24 bits per heavy atom. The maximum atomic E-state index is 5.98. The molecule has 0 aromatic carbocycles. The van der Waals surface area contributed by atoms with E-state index in [2.05, 4.69) is 34.0 Å². The first kappa shape index (κ1) is 16.8. The van der Waals surface area contributed by atoms with E-state index in [-0.39, 0.29) is 0 Å². The maximum Gasteiger partial charge on any atom is 0.117 e. The van der Waals surface area contributed by atoms with Crippen LogP contribution in [0.1, 0.15) is 24.2 Å². The summed E-state index contributed by atoms with van der Waals surface area (Å²) in [5.74, 6) is 1.71. The van der Waals surface area contributed by atoms with Crippen LogP contribution >= 0.6 is 0 Å². The average Bonchev–Trinajstić information content (AvgIpc) is 3.10. The fourth-order valence-electron chi connectivity index (χ4n) is 4.27. The third kappa shape index (κ3) is 3.78. The Balaban J connectivity index is 1.26. The van der Waals surface area contributed by atoms with Gasteiger partial charge in [0.25, 0.3) is 0 Å². The van der Waals surface area contributed by atoms with Gasteiger partial charge in [0.05, 0.1) is 19.4 Å². The number of hydrogen-bond donors (Lipinski definition) is 0. The van der Waals surface area contributed by atoms with Gasteiger partial charge < -0.3 is 9.15 Å². The van der Waals surface area contributed by atoms with Crippen molar-refractivity contribution >= 4 is 0 Å². The average molecular weight is 341 g/mol. The monoisotopic (exact) mass is 341 g/mol. The molecule has 0 aliphatic carbocycles. The summed E-state index contributed by atoms with van der Waals surface area (Å²) in [7, 11) is 2.27. The van der Waals surface area contributed by atoms with Crippen molar-refractivity contribution in [3.63, 3.8) is 0 Å². The summed E-state index contributed by atoms with van der Waals surface area (Å²) >= 11 is 0. The number of likely N-dealkylation sites (N-methyl/N-ethyl adjacent to an activating group) is 1. The number of aromatic nitrogens is 1. The number of furan rings is 1. The van der Waals surface area contributed by atoms with Crippen molar-refractivity contribution in [2.24, 2.45) is 5.92 Å². The van der Waals surface area contributed by atoms with Crippen molar-refractivity contribution < 1.29 is 9.15 Å². The molecule has 1 spiro atoms. The van der Waals surface area contributed by atoms with E-state index in [1.165, 1.54) is 12.8 Å². The minimum Gasteiger partial charge on any atom is -0.468 e. The fraction of sp³-hybridized carbons (Fsp3) is 0.550. The molecule has 4 rings (SSSR count). The highest BCUT2D eigenvalue weighted by Gasteiger charge is 2.49. The lowest BCUT2D eigenvalue weighted by Gasteiger charge is -2.58. The van der Waals surface area contributed by atoms with E-state index < -0.39 is 0 Å². The summed E-state index contributed by atoms with van der Waals surface area (Å²) in [6.45, 7) is 5.85. The standard InChI is InChI=1S/C20H27N3O2/c1-22-8-6-17(13-24-14-18-4-2-7-21-11-18)10-20(22)15-23(16-20)12-19-5-3-9-25-19/h2-5,7,9,11,17H,6,8,10,12-16H2,1H3/t17-/m0/s1. The highest BCUT2D eigenvalue weighted by Crippen LogP contribution is 2.39. The van der Waals surface area contributed by atoms with E-state index in [0.717, 1.165) is 44.1 Å². The Morgan fingerprint density at radius 1 is 1.32 bits per heavy atom. The second kappa shape index (κ2) is 7.28. The van der Waals surface area contributed by atoms with Crippen molar-refractivity contribution in [3.05, 3.63) is 54.2 Å². The molecule has 2 fully saturated rings. The first-order chi connectivity index (χ1) is 12.2. The molecule has 5 nitrogen and oxygen atoms in total. The topological polar surface area (TPSA) is 41.7 Å². The molecule has 0 N–H and O–H groups in total. The van der Waals surface area contributed by atoms with Crippen LogP contribution in [0.5, 0.6) is 0 Å². The molecular formula is C20H27N3O2. The van der Waals surface area contributed by atoms with Crippen LogP contribution in [-0.4, -0.2) is 53.6 Å². The highest BCUT2D eigenvalue weighted by atomic mass is 16.5. The van der Waals surface area contributed by atoms with E-state index in [4.69, 9.17) is 9.15 Å². The van der Waals surface area contributed by atoms with Gasteiger partial charge in [-0.3, -0.25) is 14.8 Å². The Hall–Kier alpha value is -1.69. The van der Waals surface area contributed by atoms with E-state index in [1.54, 1.807) is 12.5 Å². The SMILES string of the molecule is CN1CC[C@H](COCc2cccnc2)CC12CN(Cc1ccco1)C2. The summed E-state index contributed by atoms with van der Waals surface area (Å²) in [6.07, 6.45) is 7.89. The van der Waals surface area contributed by atoms with E-state index >= 15 is 0 Å². The number of rotatable bonds is 6. The van der Waals surface area contributed by atoms with Crippen LogP contribution in [0.25, 0.3) is 0 Å². The molecule has 2 aliphatic heterocycles. The van der Waals surface area contributed by atoms with Crippen LogP contribution in [-0.2, 0) is 17.9 Å². The molecule has 2 aromatic heterocycles. The number of hydrogen-bond acceptors (Lipinski definition) is 5. The van der Waals surface area contributed by atoms with Gasteiger partial charge in [0.2, 0.25) is 0 Å². The predicted molar refractivity (Wildman–Crippen MR) is 96.0 cm³/mol. The van der Waals surface area contributed by atoms with Gasteiger partial charge in [0.1, 0.15) is 5.76 Å². The molecule has 25 heavy (non-hydrogen) atoms. The number of ether oxygens (including phenoxy) is 1. The van der Waals surface area contributed by atoms with Crippen molar-refractivity contribution in [2.75, 3.05) is 33.3 Å². The zero-order chi connectivity index (χ0) is 17.1. The molecule has 134 valence electrons. The largest absolute Gasteiger partial charge is 0.468 e. The lowest BCUT2D eigenvalue weighted by atomic mass is 9.75. The van der Waals surface area contributed by atoms with E-state index in [9.17, 15) is 0 Å². The molecule has 2 aliphatic rings. The van der Waals surface area contributed by atoms with Crippen molar-refractivity contribution in [1.29, 1.82) is 0 Å². The van der Waals surface area contributed by atoms with Crippen LogP contribution in [0.4, 0.5) is 0 Å². The van der Waals surface area contributed by atoms with Crippen molar-refractivity contribution in [1.82, 2.24) is 14.8 Å². The Kier molecular flexibility index (Phi) is 4.88. The minimum atomic E-state index is 0.327. The van der Waals surface area contributed by atoms with Crippen LogP contribution in [0.15, 0.2) is 47.3 Å². The summed E-state index contributed by atoms with van der Waals surface area (Å²) in [4.78, 5) is 9.18. The van der Waals surface area contributed by atoms with Gasteiger partial charge in [0, 0.05) is 37.6 Å². The van der Waals surface area contributed by atoms with Crippen molar-refractivity contribution in [3.8, 4) is 0 Å². The Labute approximate surface area is 149 Å². The van der Waals surface area contributed by atoms with Gasteiger partial charge in [-0.05, 0) is 56.1 Å². The second-order valence-electron chi connectivity index (χ2n) is 7.61. The second-order valence-corrected chi connectivity index (χ2v) is 7.61. The number of piperidine rings is 1. The fourth-order valence-corrected chi connectivity index (χ4v) is 4.27. The van der Waals surface area contributed by atoms with Gasteiger partial charge >= 0.3 is 0 Å². The molecule has 2 aromatic rings. The number of nitrogens with zero attached hydrogens (tertiary/aromatic N) is 3. The molecule has 5 heteroatoms. The minimum absolute atomic E-state index is 0.327. The van der Waals surface area contributed by atoms with Crippen LogP contribution in [0.2, 0.25) is 0 Å². The summed E-state index contributed by atoms with van der Waals surface area (Å²) in [5, 5.41) is 0. The van der Waals surface area contributed by atoms with Gasteiger partial charge in [-0.15, -0.1) is 0 Å². The van der Waals surface area contributed by atoms with E-state index in [1.807, 2.05) is 18.3 Å². The Morgan fingerprint density at radius 3 is 3.00 bits per heavy atom. The van der Waals surface area contributed by atoms with Gasteiger partial charge in [-0.25, -0.2) is 0 Å². The molecule has 0 radical (unpaired) electrons. The lowest BCUT2D eigenvalue weighted by Crippen LogP contribution is -2.71. The van der Waals surface area contributed by atoms with Crippen LogP contribution in [0.3, 0.4) is 0 Å². The van der Waals surface area contributed by atoms with Gasteiger partial charge in [0.15, 0.2) is 0 Å². The normalized spacial score (nSPS) is 23.6. The summed E-state index contributed by atoms with van der Waals surface area (Å²) < 4.78 is 11.5. The first-order valence-corrected chi connectivity index (χ1v) is 9.16. The van der Waals surface area contributed by atoms with Gasteiger partial charge in [-0.2, -0.15) is 0 Å². The smallest absolute Gasteiger partial charge is 0.117 e. The number of likely N-dealkylation sites (tertiary alicyclic amines) is 2. The molecule has 0 bridgehead atoms. The lowest BCUT2D eigenvalue weighted by molar-refractivity contribution is -0.0951. The zero-order valence-corrected chi connectivity index (χ0v) is 14.9. The Bertz CT molecular complexity index is 653. The molecular weight excluding hydrogens is 314 g/mol. The highest BCUT2D eigenvalue weighted by molar-refractivity contribution is 5.09. The molecule has 4 heterocycles. The van der Waals surface area contributed by atoms with E-state index in [0.29, 0.717) is 18.1 Å². The molecule has 0 saturated carbocycles. The van der Waals surface area contributed by atoms with Gasteiger partial charge in [-0.1, -0.05) is 6.07 Å². The molecule has 1 atom stereocenters. The van der Waals surface area contributed by atoms with Crippen molar-refractivity contribution in [2.45, 2.75) is 31.5 Å². The van der Waals surface area contributed by atoms with Crippen LogP contribution in [0, 0.1) is 5.92 Å². The zero-order valence-electron chi connectivity index (χ0n) is 14.9. The molecule has 0 unspecified atom stereocenters. The van der Waals surface area contributed by atoms with Crippen LogP contribution < -0.4 is 0 Å². The first-order valence-electron chi connectivity index (χ1n) is 9.16. The molecule has 2 saturated heterocycles. The summed E-state index contributed by atoms with van der Waals surface area (Å²) in [6, 6.07) is 8.06. The predicted octanol–water partition coefficient (Wildman–Crippen LogP) is 2.79. The number of pyridine rings is 1.